The van der Waals surface area contributed by atoms with Crippen molar-refractivity contribution in [3.05, 3.63) is 70.3 Å². The zero-order valence-electron chi connectivity index (χ0n) is 12.7. The molecular weight excluding hydrogens is 332 g/mol. The third-order valence-corrected chi connectivity index (χ3v) is 5.70. The number of nitro benzene ring substituents is 1. The van der Waals surface area contributed by atoms with Crippen molar-refractivity contribution in [2.24, 2.45) is 0 Å². The summed E-state index contributed by atoms with van der Waals surface area (Å²) in [5.41, 5.74) is 0.597. The Morgan fingerprint density at radius 3 is 2.50 bits per heavy atom. The SMILES string of the molecule is O=[N+]([O-])c1ccccc1S(=O)(=O)N1CC1COCc1ccccc1. The first kappa shape index (κ1) is 16.6. The molecule has 2 aromatic rings. The maximum atomic E-state index is 12.5. The van der Waals surface area contributed by atoms with Gasteiger partial charge in [-0.3, -0.25) is 10.1 Å². The summed E-state index contributed by atoms with van der Waals surface area (Å²) < 4.78 is 31.8. The second kappa shape index (κ2) is 6.68. The highest BCUT2D eigenvalue weighted by atomic mass is 32.2. The van der Waals surface area contributed by atoms with Gasteiger partial charge in [0.1, 0.15) is 0 Å². The van der Waals surface area contributed by atoms with Crippen LogP contribution in [-0.2, 0) is 21.4 Å². The molecule has 0 N–H and O–H groups in total. The average molecular weight is 348 g/mol. The van der Waals surface area contributed by atoms with Gasteiger partial charge >= 0.3 is 0 Å². The van der Waals surface area contributed by atoms with Gasteiger partial charge in [-0.05, 0) is 11.6 Å². The van der Waals surface area contributed by atoms with Crippen molar-refractivity contribution in [2.75, 3.05) is 13.2 Å². The van der Waals surface area contributed by atoms with Crippen LogP contribution in [0.3, 0.4) is 0 Å². The lowest BCUT2D eigenvalue weighted by atomic mass is 10.2. The monoisotopic (exact) mass is 348 g/mol. The number of hydrogen-bond donors (Lipinski definition) is 0. The Labute approximate surface area is 139 Å². The second-order valence-electron chi connectivity index (χ2n) is 5.45. The van der Waals surface area contributed by atoms with E-state index in [1.807, 2.05) is 30.3 Å². The Balaban J connectivity index is 1.63. The van der Waals surface area contributed by atoms with Gasteiger partial charge in [0.25, 0.3) is 5.69 Å². The summed E-state index contributed by atoms with van der Waals surface area (Å²) in [7, 11) is -3.87. The van der Waals surface area contributed by atoms with Crippen LogP contribution in [0.15, 0.2) is 59.5 Å². The topological polar surface area (TPSA) is 89.5 Å². The first-order valence-corrected chi connectivity index (χ1v) is 8.81. The molecule has 0 amide bonds. The van der Waals surface area contributed by atoms with E-state index in [-0.39, 0.29) is 17.5 Å². The minimum absolute atomic E-state index is 0.259. The number of hydrogen-bond acceptors (Lipinski definition) is 5. The average Bonchev–Trinajstić information content (AvgIpc) is 3.36. The van der Waals surface area contributed by atoms with Gasteiger partial charge in [-0.1, -0.05) is 42.5 Å². The first-order chi connectivity index (χ1) is 11.5. The van der Waals surface area contributed by atoms with Gasteiger partial charge in [-0.25, -0.2) is 8.42 Å². The van der Waals surface area contributed by atoms with Crippen LogP contribution >= 0.6 is 0 Å². The van der Waals surface area contributed by atoms with Crippen molar-refractivity contribution in [2.45, 2.75) is 17.5 Å². The summed E-state index contributed by atoms with van der Waals surface area (Å²) in [5.74, 6) is 0. The molecule has 0 bridgehead atoms. The van der Waals surface area contributed by atoms with Crippen LogP contribution in [0.5, 0.6) is 0 Å². The number of nitro groups is 1. The fraction of sp³-hybridized carbons (Fsp3) is 0.250. The predicted octanol–water partition coefficient (Wildman–Crippen LogP) is 2.18. The fourth-order valence-electron chi connectivity index (χ4n) is 2.43. The third kappa shape index (κ3) is 3.45. The molecule has 0 spiro atoms. The number of benzene rings is 2. The van der Waals surface area contributed by atoms with E-state index in [1.165, 1.54) is 28.6 Å². The van der Waals surface area contributed by atoms with Crippen LogP contribution in [0.25, 0.3) is 0 Å². The van der Waals surface area contributed by atoms with Crippen molar-refractivity contribution in [1.29, 1.82) is 0 Å². The molecule has 0 saturated carbocycles. The van der Waals surface area contributed by atoms with Gasteiger partial charge in [0, 0.05) is 12.6 Å². The Morgan fingerprint density at radius 1 is 1.12 bits per heavy atom. The van der Waals surface area contributed by atoms with Crippen LogP contribution in [0, 0.1) is 10.1 Å². The molecule has 7 nitrogen and oxygen atoms in total. The molecule has 1 heterocycles. The van der Waals surface area contributed by atoms with E-state index < -0.39 is 20.6 Å². The van der Waals surface area contributed by atoms with Crippen LogP contribution < -0.4 is 0 Å². The highest BCUT2D eigenvalue weighted by Gasteiger charge is 2.46. The van der Waals surface area contributed by atoms with Gasteiger partial charge in [-0.15, -0.1) is 0 Å². The van der Waals surface area contributed by atoms with Gasteiger partial charge < -0.3 is 4.74 Å². The van der Waals surface area contributed by atoms with E-state index >= 15 is 0 Å². The highest BCUT2D eigenvalue weighted by Crippen LogP contribution is 2.33. The summed E-state index contributed by atoms with van der Waals surface area (Å²) in [6.45, 7) is 0.967. The van der Waals surface area contributed by atoms with Crippen molar-refractivity contribution in [1.82, 2.24) is 4.31 Å². The number of sulfonamides is 1. The Hall–Kier alpha value is -2.29. The van der Waals surface area contributed by atoms with Gasteiger partial charge in [0.15, 0.2) is 4.90 Å². The van der Waals surface area contributed by atoms with E-state index in [4.69, 9.17) is 4.74 Å². The fourth-order valence-corrected chi connectivity index (χ4v) is 4.16. The lowest BCUT2D eigenvalue weighted by Crippen LogP contribution is -2.18. The molecule has 0 aromatic heterocycles. The molecule has 0 aliphatic carbocycles. The lowest BCUT2D eigenvalue weighted by Gasteiger charge is -2.07. The predicted molar refractivity (Wildman–Crippen MR) is 86.9 cm³/mol. The number of rotatable bonds is 7. The molecule has 24 heavy (non-hydrogen) atoms. The number of ether oxygens (including phenoxy) is 1. The molecule has 2 unspecified atom stereocenters. The molecule has 126 valence electrons. The molecule has 1 aliphatic heterocycles. The van der Waals surface area contributed by atoms with Crippen LogP contribution in [-0.4, -0.2) is 36.8 Å². The smallest absolute Gasteiger partial charge is 0.289 e. The van der Waals surface area contributed by atoms with E-state index in [2.05, 4.69) is 0 Å². The normalized spacial score (nSPS) is 19.8. The Bertz CT molecular complexity index is 839. The molecule has 3 rings (SSSR count). The summed E-state index contributed by atoms with van der Waals surface area (Å²) in [6.07, 6.45) is 0. The molecule has 1 fully saturated rings. The van der Waals surface area contributed by atoms with Crippen molar-refractivity contribution in [3.8, 4) is 0 Å². The molecule has 2 aromatic carbocycles. The lowest BCUT2D eigenvalue weighted by molar-refractivity contribution is -0.387. The number of para-hydroxylation sites is 1. The molecule has 1 aliphatic rings. The Morgan fingerprint density at radius 2 is 1.79 bits per heavy atom. The molecule has 1 saturated heterocycles. The van der Waals surface area contributed by atoms with Gasteiger partial charge in [-0.2, -0.15) is 4.31 Å². The van der Waals surface area contributed by atoms with Gasteiger partial charge in [0.05, 0.1) is 24.2 Å². The summed E-state index contributed by atoms with van der Waals surface area (Å²) in [4.78, 5) is 10.1. The zero-order valence-corrected chi connectivity index (χ0v) is 13.6. The molecule has 0 radical (unpaired) electrons. The highest BCUT2D eigenvalue weighted by molar-refractivity contribution is 7.89. The standard InChI is InChI=1S/C16H16N2O5S/c19-18(20)15-8-4-5-9-16(15)24(21,22)17-10-14(17)12-23-11-13-6-2-1-3-7-13/h1-9,14H,10-12H2. The van der Waals surface area contributed by atoms with Crippen LogP contribution in [0.2, 0.25) is 0 Å². The minimum Gasteiger partial charge on any atom is -0.375 e. The molecular formula is C16H16N2O5S. The van der Waals surface area contributed by atoms with Crippen LogP contribution in [0.4, 0.5) is 5.69 Å². The van der Waals surface area contributed by atoms with Crippen LogP contribution in [0.1, 0.15) is 5.56 Å². The summed E-state index contributed by atoms with van der Waals surface area (Å²) >= 11 is 0. The quantitative estimate of drug-likeness (QED) is 0.435. The zero-order chi connectivity index (χ0) is 17.2. The summed E-state index contributed by atoms with van der Waals surface area (Å²) in [6, 6.07) is 14.7. The van der Waals surface area contributed by atoms with E-state index in [9.17, 15) is 18.5 Å². The van der Waals surface area contributed by atoms with Gasteiger partial charge in [0.2, 0.25) is 10.0 Å². The number of nitrogens with zero attached hydrogens (tertiary/aromatic N) is 2. The third-order valence-electron chi connectivity index (χ3n) is 3.73. The second-order valence-corrected chi connectivity index (χ2v) is 7.31. The maximum absolute atomic E-state index is 12.5. The minimum atomic E-state index is -3.87. The van der Waals surface area contributed by atoms with Crippen molar-refractivity contribution in [3.63, 3.8) is 0 Å². The van der Waals surface area contributed by atoms with E-state index in [0.29, 0.717) is 13.2 Å². The van der Waals surface area contributed by atoms with E-state index in [1.54, 1.807) is 0 Å². The first-order valence-electron chi connectivity index (χ1n) is 7.37. The Kier molecular flexibility index (Phi) is 4.61. The van der Waals surface area contributed by atoms with E-state index in [0.717, 1.165) is 5.56 Å². The molecule has 2 atom stereocenters. The van der Waals surface area contributed by atoms with Crippen molar-refractivity contribution < 1.29 is 18.1 Å². The largest absolute Gasteiger partial charge is 0.375 e. The maximum Gasteiger partial charge on any atom is 0.289 e. The van der Waals surface area contributed by atoms with Crippen molar-refractivity contribution >= 4 is 15.7 Å². The summed E-state index contributed by atoms with van der Waals surface area (Å²) in [5, 5.41) is 11.0. The molecule has 8 heteroatoms.